The van der Waals surface area contributed by atoms with Gasteiger partial charge in [-0.05, 0) is 38.5 Å². The first-order valence-corrected chi connectivity index (χ1v) is 8.92. The number of nitrogens with zero attached hydrogens (tertiary/aromatic N) is 1. The number of nitrogens with one attached hydrogen (secondary N) is 1. The third-order valence-corrected chi connectivity index (χ3v) is 5.61. The summed E-state index contributed by atoms with van der Waals surface area (Å²) in [7, 11) is 0. The Labute approximate surface area is 128 Å². The van der Waals surface area contributed by atoms with Crippen LogP contribution in [0.4, 0.5) is 0 Å². The van der Waals surface area contributed by atoms with Gasteiger partial charge in [0.15, 0.2) is 0 Å². The van der Waals surface area contributed by atoms with E-state index in [2.05, 4.69) is 24.1 Å². The Bertz CT molecular complexity index is 368. The van der Waals surface area contributed by atoms with Crippen LogP contribution in [0.1, 0.15) is 65.2 Å². The molecule has 0 aromatic rings. The summed E-state index contributed by atoms with van der Waals surface area (Å²) in [5.74, 6) is 0.982. The zero-order chi connectivity index (χ0) is 14.8. The van der Waals surface area contributed by atoms with Gasteiger partial charge in [0.1, 0.15) is 0 Å². The summed E-state index contributed by atoms with van der Waals surface area (Å²) in [5, 5.41) is 3.69. The minimum absolute atomic E-state index is 0.0448. The van der Waals surface area contributed by atoms with Crippen molar-refractivity contribution < 1.29 is 9.53 Å². The fourth-order valence-corrected chi connectivity index (χ4v) is 4.38. The summed E-state index contributed by atoms with van der Waals surface area (Å²) in [6, 6.07) is 0.325. The standard InChI is InChI=1S/C17H30N2O2/c1-3-4-9-14-17(20)19(15-10-11-21-12(15)2)16(18-14)13-7-5-6-8-13/h12-16,18H,3-11H2,1-2H3. The normalized spacial score (nSPS) is 37.8. The predicted molar refractivity (Wildman–Crippen MR) is 82.9 cm³/mol. The van der Waals surface area contributed by atoms with Gasteiger partial charge in [-0.25, -0.2) is 0 Å². The lowest BCUT2D eigenvalue weighted by Gasteiger charge is -2.35. The van der Waals surface area contributed by atoms with Gasteiger partial charge < -0.3 is 9.64 Å². The summed E-state index contributed by atoms with van der Waals surface area (Å²) in [6.45, 7) is 5.11. The van der Waals surface area contributed by atoms with E-state index in [9.17, 15) is 4.79 Å². The van der Waals surface area contributed by atoms with Crippen LogP contribution in [0.3, 0.4) is 0 Å². The number of hydrogen-bond acceptors (Lipinski definition) is 3. The molecule has 2 heterocycles. The molecule has 1 N–H and O–H groups in total. The average Bonchev–Trinajstić information content (AvgIpc) is 3.18. The lowest BCUT2D eigenvalue weighted by atomic mass is 10.0. The van der Waals surface area contributed by atoms with E-state index in [1.54, 1.807) is 0 Å². The van der Waals surface area contributed by atoms with E-state index in [0.717, 1.165) is 32.3 Å². The van der Waals surface area contributed by atoms with Gasteiger partial charge in [0.05, 0.1) is 24.4 Å². The maximum atomic E-state index is 12.9. The molecule has 2 saturated heterocycles. The van der Waals surface area contributed by atoms with Crippen LogP contribution >= 0.6 is 0 Å². The maximum Gasteiger partial charge on any atom is 0.241 e. The summed E-state index contributed by atoms with van der Waals surface area (Å²) < 4.78 is 5.73. The summed E-state index contributed by atoms with van der Waals surface area (Å²) >= 11 is 0. The van der Waals surface area contributed by atoms with E-state index in [1.807, 2.05) is 0 Å². The summed E-state index contributed by atoms with van der Waals surface area (Å²) in [5.41, 5.74) is 0. The van der Waals surface area contributed by atoms with Crippen LogP contribution < -0.4 is 5.32 Å². The highest BCUT2D eigenvalue weighted by Crippen LogP contribution is 2.36. The first-order chi connectivity index (χ1) is 10.2. The Kier molecular flexibility index (Phi) is 4.85. The first-order valence-electron chi connectivity index (χ1n) is 8.92. The molecule has 3 aliphatic rings. The lowest BCUT2D eigenvalue weighted by molar-refractivity contribution is -0.134. The highest BCUT2D eigenvalue weighted by molar-refractivity contribution is 5.84. The molecule has 0 bridgehead atoms. The van der Waals surface area contributed by atoms with Gasteiger partial charge in [0.25, 0.3) is 0 Å². The van der Waals surface area contributed by atoms with Gasteiger partial charge >= 0.3 is 0 Å². The second-order valence-electron chi connectivity index (χ2n) is 7.03. The van der Waals surface area contributed by atoms with Crippen LogP contribution in [0.2, 0.25) is 0 Å². The van der Waals surface area contributed by atoms with E-state index >= 15 is 0 Å². The number of amides is 1. The van der Waals surface area contributed by atoms with Crippen LogP contribution in [0.15, 0.2) is 0 Å². The quantitative estimate of drug-likeness (QED) is 0.847. The van der Waals surface area contributed by atoms with E-state index in [1.165, 1.54) is 25.7 Å². The molecule has 120 valence electrons. The molecule has 3 rings (SSSR count). The van der Waals surface area contributed by atoms with E-state index in [-0.39, 0.29) is 24.4 Å². The molecule has 0 spiro atoms. The first kappa shape index (κ1) is 15.3. The van der Waals surface area contributed by atoms with Crippen molar-refractivity contribution in [2.75, 3.05) is 6.61 Å². The van der Waals surface area contributed by atoms with Crippen LogP contribution in [0.25, 0.3) is 0 Å². The Morgan fingerprint density at radius 1 is 1.29 bits per heavy atom. The second-order valence-corrected chi connectivity index (χ2v) is 7.03. The van der Waals surface area contributed by atoms with E-state index in [4.69, 9.17) is 4.74 Å². The third-order valence-electron chi connectivity index (χ3n) is 5.61. The largest absolute Gasteiger partial charge is 0.376 e. The molecule has 4 unspecified atom stereocenters. The zero-order valence-electron chi connectivity index (χ0n) is 13.5. The molecule has 1 aliphatic carbocycles. The molecule has 0 radical (unpaired) electrons. The van der Waals surface area contributed by atoms with Gasteiger partial charge in [-0.2, -0.15) is 0 Å². The van der Waals surface area contributed by atoms with Crippen molar-refractivity contribution in [3.8, 4) is 0 Å². The summed E-state index contributed by atoms with van der Waals surface area (Å²) in [4.78, 5) is 15.1. The molecule has 4 nitrogen and oxygen atoms in total. The van der Waals surface area contributed by atoms with Crippen LogP contribution in [0, 0.1) is 5.92 Å². The molecule has 4 atom stereocenters. The lowest BCUT2D eigenvalue weighted by Crippen LogP contribution is -2.50. The Morgan fingerprint density at radius 3 is 2.67 bits per heavy atom. The Hall–Kier alpha value is -0.610. The van der Waals surface area contributed by atoms with Crippen molar-refractivity contribution in [1.29, 1.82) is 0 Å². The monoisotopic (exact) mass is 294 g/mol. The molecule has 0 aromatic heterocycles. The molecular weight excluding hydrogens is 264 g/mol. The van der Waals surface area contributed by atoms with Crippen molar-refractivity contribution in [2.45, 2.75) is 89.6 Å². The van der Waals surface area contributed by atoms with Crippen molar-refractivity contribution in [3.05, 3.63) is 0 Å². The zero-order valence-corrected chi connectivity index (χ0v) is 13.5. The topological polar surface area (TPSA) is 41.6 Å². The fraction of sp³-hybridized carbons (Fsp3) is 0.941. The fourth-order valence-electron chi connectivity index (χ4n) is 4.38. The molecule has 2 aliphatic heterocycles. The van der Waals surface area contributed by atoms with Crippen molar-refractivity contribution in [2.24, 2.45) is 5.92 Å². The maximum absolute atomic E-state index is 12.9. The van der Waals surface area contributed by atoms with E-state index in [0.29, 0.717) is 11.8 Å². The molecule has 21 heavy (non-hydrogen) atoms. The molecule has 1 saturated carbocycles. The number of rotatable bonds is 5. The van der Waals surface area contributed by atoms with Gasteiger partial charge in [0, 0.05) is 6.61 Å². The molecule has 0 aromatic carbocycles. The van der Waals surface area contributed by atoms with Gasteiger partial charge in [-0.3, -0.25) is 10.1 Å². The highest BCUT2D eigenvalue weighted by atomic mass is 16.5. The number of hydrogen-bond donors (Lipinski definition) is 1. The van der Waals surface area contributed by atoms with Crippen molar-refractivity contribution in [1.82, 2.24) is 10.2 Å². The second kappa shape index (κ2) is 6.66. The smallest absolute Gasteiger partial charge is 0.241 e. The van der Waals surface area contributed by atoms with E-state index < -0.39 is 0 Å². The van der Waals surface area contributed by atoms with Gasteiger partial charge in [-0.15, -0.1) is 0 Å². The Morgan fingerprint density at radius 2 is 2.05 bits per heavy atom. The van der Waals surface area contributed by atoms with Crippen LogP contribution in [0.5, 0.6) is 0 Å². The highest BCUT2D eigenvalue weighted by Gasteiger charge is 2.48. The average molecular weight is 294 g/mol. The summed E-state index contributed by atoms with van der Waals surface area (Å²) in [6.07, 6.45) is 9.89. The third kappa shape index (κ3) is 2.98. The predicted octanol–water partition coefficient (Wildman–Crippen LogP) is 2.67. The number of unbranched alkanes of at least 4 members (excludes halogenated alkanes) is 1. The molecular formula is C17H30N2O2. The van der Waals surface area contributed by atoms with Crippen molar-refractivity contribution >= 4 is 5.91 Å². The Balaban J connectivity index is 1.76. The molecule has 1 amide bonds. The van der Waals surface area contributed by atoms with Crippen LogP contribution in [-0.4, -0.2) is 41.8 Å². The SMILES string of the molecule is CCCCC1NC(C2CCCC2)N(C2CCOC2C)C1=O. The number of ether oxygens (including phenoxy) is 1. The van der Waals surface area contributed by atoms with Gasteiger partial charge in [0.2, 0.25) is 5.91 Å². The number of carbonyl (C=O) groups is 1. The number of carbonyl (C=O) groups excluding carboxylic acids is 1. The van der Waals surface area contributed by atoms with Crippen molar-refractivity contribution in [3.63, 3.8) is 0 Å². The molecule has 4 heteroatoms. The van der Waals surface area contributed by atoms with Crippen LogP contribution in [-0.2, 0) is 9.53 Å². The minimum atomic E-state index is 0.0448. The van der Waals surface area contributed by atoms with Gasteiger partial charge in [-0.1, -0.05) is 32.6 Å². The molecule has 3 fully saturated rings. The minimum Gasteiger partial charge on any atom is -0.376 e.